The molecule has 21 heavy (non-hydrogen) atoms. The van der Waals surface area contributed by atoms with Crippen LogP contribution in [0.25, 0.3) is 0 Å². The predicted molar refractivity (Wildman–Crippen MR) is 86.2 cm³/mol. The van der Waals surface area contributed by atoms with Crippen LogP contribution in [-0.4, -0.2) is 43.1 Å². The van der Waals surface area contributed by atoms with E-state index in [2.05, 4.69) is 36.6 Å². The number of hydrogen-bond acceptors (Lipinski definition) is 4. The number of amides is 1. The van der Waals surface area contributed by atoms with Gasteiger partial charge in [0, 0.05) is 10.5 Å². The molecule has 0 fully saturated rings. The molecule has 0 aliphatic rings. The maximum atomic E-state index is 12.2. The predicted octanol–water partition coefficient (Wildman–Crippen LogP) is 3.00. The number of halogens is 2. The zero-order chi connectivity index (χ0) is 16.0. The minimum absolute atomic E-state index is 0.0854. The number of carbonyl (C=O) groups is 2. The number of ether oxygens (including phenoxy) is 2. The number of nitrogens with zero attached hydrogens (tertiary/aromatic N) is 1. The van der Waals surface area contributed by atoms with Crippen molar-refractivity contribution >= 4 is 43.7 Å². The van der Waals surface area contributed by atoms with Crippen LogP contribution in [0.1, 0.15) is 13.8 Å². The molecule has 0 N–H and O–H groups in total. The number of esters is 1. The fourth-order valence-electron chi connectivity index (χ4n) is 1.58. The van der Waals surface area contributed by atoms with Gasteiger partial charge in [-0.05, 0) is 48.0 Å². The Balaban J connectivity index is 2.67. The molecule has 1 aromatic carbocycles. The minimum atomic E-state index is -0.457. The summed E-state index contributed by atoms with van der Waals surface area (Å²) in [4.78, 5) is 24.9. The van der Waals surface area contributed by atoms with Crippen molar-refractivity contribution in [3.63, 3.8) is 0 Å². The normalized spacial score (nSPS) is 10.4. The third kappa shape index (κ3) is 5.67. The van der Waals surface area contributed by atoms with Crippen molar-refractivity contribution in [1.29, 1.82) is 0 Å². The highest BCUT2D eigenvalue weighted by Gasteiger charge is 2.21. The van der Waals surface area contributed by atoms with Crippen LogP contribution in [0.4, 0.5) is 0 Å². The number of benzene rings is 1. The van der Waals surface area contributed by atoms with Gasteiger partial charge in [-0.2, -0.15) is 0 Å². The monoisotopic (exact) mass is 421 g/mol. The standard InChI is InChI=1S/C14H17Br2NO4/c1-9(2)17(7-14(19)20-3)13(18)8-21-12-5-4-10(15)6-11(12)16/h4-6,9H,7-8H2,1-3H3. The summed E-state index contributed by atoms with van der Waals surface area (Å²) >= 11 is 6.70. The van der Waals surface area contributed by atoms with Gasteiger partial charge in [0.1, 0.15) is 12.3 Å². The Bertz CT molecular complexity index is 520. The highest BCUT2D eigenvalue weighted by atomic mass is 79.9. The molecule has 1 rings (SSSR count). The van der Waals surface area contributed by atoms with E-state index in [1.54, 1.807) is 6.07 Å². The first kappa shape index (κ1) is 18.0. The molecule has 0 unspecified atom stereocenters. The molecule has 0 saturated carbocycles. The average Bonchev–Trinajstić information content (AvgIpc) is 2.42. The summed E-state index contributed by atoms with van der Waals surface area (Å²) < 4.78 is 11.7. The summed E-state index contributed by atoms with van der Waals surface area (Å²) in [6.45, 7) is 3.43. The molecule has 0 radical (unpaired) electrons. The third-order valence-electron chi connectivity index (χ3n) is 2.72. The summed E-state index contributed by atoms with van der Waals surface area (Å²) in [5, 5.41) is 0. The summed E-state index contributed by atoms with van der Waals surface area (Å²) in [5.41, 5.74) is 0. The van der Waals surface area contributed by atoms with Crippen molar-refractivity contribution in [1.82, 2.24) is 4.90 Å². The van der Waals surface area contributed by atoms with Gasteiger partial charge in [-0.15, -0.1) is 0 Å². The van der Waals surface area contributed by atoms with Crippen molar-refractivity contribution in [2.24, 2.45) is 0 Å². The second-order valence-electron chi connectivity index (χ2n) is 4.55. The van der Waals surface area contributed by atoms with E-state index < -0.39 is 5.97 Å². The molecule has 0 saturated heterocycles. The van der Waals surface area contributed by atoms with Gasteiger partial charge in [-0.25, -0.2) is 0 Å². The molecule has 1 aromatic rings. The summed E-state index contributed by atoms with van der Waals surface area (Å²) in [7, 11) is 1.29. The topological polar surface area (TPSA) is 55.8 Å². The van der Waals surface area contributed by atoms with Crippen LogP contribution in [0.2, 0.25) is 0 Å². The molecule has 0 aliphatic carbocycles. The maximum Gasteiger partial charge on any atom is 0.325 e. The highest BCUT2D eigenvalue weighted by molar-refractivity contribution is 9.11. The number of methoxy groups -OCH3 is 1. The Hall–Kier alpha value is -1.08. The molecule has 116 valence electrons. The molecule has 0 aromatic heterocycles. The van der Waals surface area contributed by atoms with Crippen LogP contribution in [0.5, 0.6) is 5.75 Å². The lowest BCUT2D eigenvalue weighted by atomic mass is 10.3. The third-order valence-corrected chi connectivity index (χ3v) is 3.83. The van der Waals surface area contributed by atoms with E-state index in [9.17, 15) is 9.59 Å². The van der Waals surface area contributed by atoms with Crippen LogP contribution in [0, 0.1) is 0 Å². The van der Waals surface area contributed by atoms with E-state index in [-0.39, 0.29) is 25.1 Å². The second kappa shape index (κ2) is 8.38. The van der Waals surface area contributed by atoms with Gasteiger partial charge in [0.25, 0.3) is 5.91 Å². The lowest BCUT2D eigenvalue weighted by Gasteiger charge is -2.25. The molecule has 7 heteroatoms. The molecule has 0 spiro atoms. The van der Waals surface area contributed by atoms with E-state index in [0.717, 1.165) is 8.95 Å². The number of rotatable bonds is 6. The molecule has 0 bridgehead atoms. The highest BCUT2D eigenvalue weighted by Crippen LogP contribution is 2.28. The van der Waals surface area contributed by atoms with Crippen molar-refractivity contribution in [2.75, 3.05) is 20.3 Å². The molecular weight excluding hydrogens is 406 g/mol. The molecule has 0 aliphatic heterocycles. The van der Waals surface area contributed by atoms with E-state index in [4.69, 9.17) is 4.74 Å². The van der Waals surface area contributed by atoms with Crippen molar-refractivity contribution in [3.05, 3.63) is 27.1 Å². The van der Waals surface area contributed by atoms with Crippen molar-refractivity contribution < 1.29 is 19.1 Å². The van der Waals surface area contributed by atoms with Crippen LogP contribution in [-0.2, 0) is 14.3 Å². The van der Waals surface area contributed by atoms with Crippen LogP contribution < -0.4 is 4.74 Å². The Morgan fingerprint density at radius 3 is 2.48 bits per heavy atom. The molecule has 1 amide bonds. The van der Waals surface area contributed by atoms with Gasteiger partial charge < -0.3 is 14.4 Å². The number of hydrogen-bond donors (Lipinski definition) is 0. The summed E-state index contributed by atoms with van der Waals surface area (Å²) in [6.07, 6.45) is 0. The zero-order valence-corrected chi connectivity index (χ0v) is 15.2. The van der Waals surface area contributed by atoms with E-state index in [1.165, 1.54) is 12.0 Å². The lowest BCUT2D eigenvalue weighted by molar-refractivity contribution is -0.149. The van der Waals surface area contributed by atoms with Crippen LogP contribution in [0.15, 0.2) is 27.1 Å². The summed E-state index contributed by atoms with van der Waals surface area (Å²) in [6, 6.07) is 5.28. The van der Waals surface area contributed by atoms with Gasteiger partial charge in [-0.3, -0.25) is 9.59 Å². The molecule has 0 heterocycles. The lowest BCUT2D eigenvalue weighted by Crippen LogP contribution is -2.43. The quantitative estimate of drug-likeness (QED) is 0.661. The maximum absolute atomic E-state index is 12.2. The van der Waals surface area contributed by atoms with Gasteiger partial charge in [0.15, 0.2) is 6.61 Å². The Morgan fingerprint density at radius 2 is 1.95 bits per heavy atom. The van der Waals surface area contributed by atoms with E-state index in [1.807, 2.05) is 26.0 Å². The number of carbonyl (C=O) groups excluding carboxylic acids is 2. The van der Waals surface area contributed by atoms with Gasteiger partial charge in [-0.1, -0.05) is 15.9 Å². The Kier molecular flexibility index (Phi) is 7.17. The second-order valence-corrected chi connectivity index (χ2v) is 6.32. The van der Waals surface area contributed by atoms with Crippen molar-refractivity contribution in [3.8, 4) is 5.75 Å². The molecule has 0 atom stereocenters. The van der Waals surface area contributed by atoms with Gasteiger partial charge in [0.05, 0.1) is 11.6 Å². The fourth-order valence-corrected chi connectivity index (χ4v) is 2.74. The minimum Gasteiger partial charge on any atom is -0.483 e. The van der Waals surface area contributed by atoms with Gasteiger partial charge in [0.2, 0.25) is 0 Å². The SMILES string of the molecule is COC(=O)CN(C(=O)COc1ccc(Br)cc1Br)C(C)C. The first-order chi connectivity index (χ1) is 9.85. The van der Waals surface area contributed by atoms with Gasteiger partial charge >= 0.3 is 5.97 Å². The van der Waals surface area contributed by atoms with Crippen LogP contribution >= 0.6 is 31.9 Å². The van der Waals surface area contributed by atoms with E-state index in [0.29, 0.717) is 5.75 Å². The van der Waals surface area contributed by atoms with Crippen molar-refractivity contribution in [2.45, 2.75) is 19.9 Å². The first-order valence-electron chi connectivity index (χ1n) is 6.29. The Labute approximate surface area is 140 Å². The summed E-state index contributed by atoms with van der Waals surface area (Å²) in [5.74, 6) is -0.166. The Morgan fingerprint density at radius 1 is 1.29 bits per heavy atom. The fraction of sp³-hybridized carbons (Fsp3) is 0.429. The average molecular weight is 423 g/mol. The smallest absolute Gasteiger partial charge is 0.325 e. The first-order valence-corrected chi connectivity index (χ1v) is 7.88. The largest absolute Gasteiger partial charge is 0.483 e. The molecular formula is C14H17Br2NO4. The van der Waals surface area contributed by atoms with Crippen LogP contribution in [0.3, 0.4) is 0 Å². The zero-order valence-electron chi connectivity index (χ0n) is 12.1. The van der Waals surface area contributed by atoms with E-state index >= 15 is 0 Å². The molecule has 5 nitrogen and oxygen atoms in total.